The molecule has 3 heteroatoms. The van der Waals surface area contributed by atoms with Crippen molar-refractivity contribution in [2.24, 2.45) is 0 Å². The molecule has 3 atom stereocenters. The molecule has 2 rings (SSSR count). The van der Waals surface area contributed by atoms with E-state index in [1.807, 2.05) is 0 Å². The van der Waals surface area contributed by atoms with Crippen LogP contribution in [0.5, 0.6) is 0 Å². The Morgan fingerprint density at radius 2 is 2.44 bits per heavy atom. The number of carbonyl (C=O) groups excluding carboxylic acids is 1. The van der Waals surface area contributed by atoms with Crippen LogP contribution in [-0.2, 0) is 9.53 Å². The number of Topliss-reactive ketones (excluding diaryl/α,β-unsaturated/α-hetero) is 1. The van der Waals surface area contributed by atoms with Crippen molar-refractivity contribution >= 4 is 5.78 Å². The molecular formula is C6H8O3. The summed E-state index contributed by atoms with van der Waals surface area (Å²) in [6.07, 6.45) is 0.410. The summed E-state index contributed by atoms with van der Waals surface area (Å²) in [4.78, 5) is 10.8. The second-order valence-electron chi connectivity index (χ2n) is 2.66. The Kier molecular flexibility index (Phi) is 0.926. The monoisotopic (exact) mass is 128 g/mol. The number of aliphatic hydroxyl groups excluding tert-OH is 1. The van der Waals surface area contributed by atoms with Gasteiger partial charge in [-0.25, -0.2) is 0 Å². The molecule has 0 aromatic rings. The minimum atomic E-state index is -0.443. The maximum absolute atomic E-state index is 10.8. The Morgan fingerprint density at radius 1 is 1.67 bits per heavy atom. The maximum atomic E-state index is 10.8. The number of aliphatic hydroxyl groups is 1. The molecule has 50 valence electrons. The van der Waals surface area contributed by atoms with Crippen LogP contribution in [0, 0.1) is 0 Å². The van der Waals surface area contributed by atoms with Crippen molar-refractivity contribution in [3.05, 3.63) is 0 Å². The summed E-state index contributed by atoms with van der Waals surface area (Å²) in [6, 6.07) is 0. The van der Waals surface area contributed by atoms with Gasteiger partial charge in [0.05, 0.1) is 12.2 Å². The molecule has 1 saturated carbocycles. The fraction of sp³-hybridized carbons (Fsp3) is 0.833. The van der Waals surface area contributed by atoms with Gasteiger partial charge >= 0.3 is 0 Å². The number of rotatable bonds is 0. The highest BCUT2D eigenvalue weighted by atomic mass is 16.6. The molecule has 0 spiro atoms. The topological polar surface area (TPSA) is 49.8 Å². The van der Waals surface area contributed by atoms with Gasteiger partial charge in [0.15, 0.2) is 5.78 Å². The third kappa shape index (κ3) is 0.767. The lowest BCUT2D eigenvalue weighted by molar-refractivity contribution is -0.122. The van der Waals surface area contributed by atoms with Gasteiger partial charge in [0.2, 0.25) is 0 Å². The van der Waals surface area contributed by atoms with Gasteiger partial charge in [-0.1, -0.05) is 0 Å². The standard InChI is InChI=1S/C6H8O3/c7-3-1-4(8)6-5(2-3)9-6/h3,5-7H,1-2H2/t3-,5+,6-/m1/s1. The molecule has 0 amide bonds. The van der Waals surface area contributed by atoms with Gasteiger partial charge in [0, 0.05) is 12.8 Å². The molecule has 1 saturated heterocycles. The van der Waals surface area contributed by atoms with E-state index in [2.05, 4.69) is 0 Å². The highest BCUT2D eigenvalue weighted by Gasteiger charge is 2.49. The molecule has 0 bridgehead atoms. The van der Waals surface area contributed by atoms with Crippen LogP contribution in [0.4, 0.5) is 0 Å². The smallest absolute Gasteiger partial charge is 0.166 e. The number of epoxide rings is 1. The fourth-order valence-corrected chi connectivity index (χ4v) is 1.31. The normalized spacial score (nSPS) is 48.6. The summed E-state index contributed by atoms with van der Waals surface area (Å²) in [5.74, 6) is 0.0683. The van der Waals surface area contributed by atoms with Crippen molar-refractivity contribution < 1.29 is 14.6 Å². The van der Waals surface area contributed by atoms with Gasteiger partial charge in [-0.2, -0.15) is 0 Å². The van der Waals surface area contributed by atoms with E-state index in [1.165, 1.54) is 0 Å². The van der Waals surface area contributed by atoms with E-state index in [0.29, 0.717) is 12.8 Å². The molecule has 0 radical (unpaired) electrons. The van der Waals surface area contributed by atoms with Gasteiger partial charge in [-0.3, -0.25) is 4.79 Å². The van der Waals surface area contributed by atoms with Gasteiger partial charge < -0.3 is 9.84 Å². The summed E-state index contributed by atoms with van der Waals surface area (Å²) in [6.45, 7) is 0. The average Bonchev–Trinajstić information content (AvgIpc) is 2.43. The molecular weight excluding hydrogens is 120 g/mol. The van der Waals surface area contributed by atoms with E-state index < -0.39 is 6.10 Å². The quantitative estimate of drug-likeness (QED) is 0.446. The van der Waals surface area contributed by atoms with Crippen LogP contribution in [0.25, 0.3) is 0 Å². The number of ether oxygens (including phenoxy) is 1. The SMILES string of the molecule is O=C1C[C@@H](O)C[C@@H]2O[C@H]12. The molecule has 3 nitrogen and oxygen atoms in total. The lowest BCUT2D eigenvalue weighted by atomic mass is 9.97. The van der Waals surface area contributed by atoms with Crippen LogP contribution in [-0.4, -0.2) is 29.2 Å². The van der Waals surface area contributed by atoms with Crippen molar-refractivity contribution in [3.63, 3.8) is 0 Å². The zero-order chi connectivity index (χ0) is 6.43. The van der Waals surface area contributed by atoms with E-state index in [9.17, 15) is 4.79 Å². The third-order valence-corrected chi connectivity index (χ3v) is 1.84. The van der Waals surface area contributed by atoms with Crippen LogP contribution in [0.2, 0.25) is 0 Å². The summed E-state index contributed by atoms with van der Waals surface area (Å²) in [7, 11) is 0. The second-order valence-corrected chi connectivity index (χ2v) is 2.66. The lowest BCUT2D eigenvalue weighted by Crippen LogP contribution is -2.26. The van der Waals surface area contributed by atoms with Crippen molar-refractivity contribution in [2.75, 3.05) is 0 Å². The molecule has 1 aliphatic heterocycles. The first-order valence-corrected chi connectivity index (χ1v) is 3.13. The number of fused-ring (bicyclic) bond motifs is 1. The zero-order valence-electron chi connectivity index (χ0n) is 4.91. The molecule has 0 aromatic heterocycles. The van der Waals surface area contributed by atoms with Crippen LogP contribution in [0.3, 0.4) is 0 Å². The number of hydrogen-bond acceptors (Lipinski definition) is 3. The highest BCUT2D eigenvalue weighted by molar-refractivity contribution is 5.87. The summed E-state index contributed by atoms with van der Waals surface area (Å²) in [5, 5.41) is 8.98. The predicted octanol–water partition coefficient (Wildman–Crippen LogP) is -0.522. The fourth-order valence-electron chi connectivity index (χ4n) is 1.31. The summed E-state index contributed by atoms with van der Waals surface area (Å²) in [5.41, 5.74) is 0. The van der Waals surface area contributed by atoms with Gasteiger partial charge in [-0.15, -0.1) is 0 Å². The van der Waals surface area contributed by atoms with Crippen molar-refractivity contribution in [1.29, 1.82) is 0 Å². The van der Waals surface area contributed by atoms with E-state index in [0.717, 1.165) is 0 Å². The Hall–Kier alpha value is -0.410. The number of ketones is 1. The van der Waals surface area contributed by atoms with Crippen LogP contribution < -0.4 is 0 Å². The van der Waals surface area contributed by atoms with E-state index in [1.54, 1.807) is 0 Å². The molecule has 1 N–H and O–H groups in total. The van der Waals surface area contributed by atoms with E-state index in [4.69, 9.17) is 9.84 Å². The molecule has 1 aliphatic carbocycles. The van der Waals surface area contributed by atoms with Gasteiger partial charge in [-0.05, 0) is 0 Å². The van der Waals surface area contributed by atoms with Crippen molar-refractivity contribution in [3.8, 4) is 0 Å². The van der Waals surface area contributed by atoms with Crippen molar-refractivity contribution in [1.82, 2.24) is 0 Å². The average molecular weight is 128 g/mol. The maximum Gasteiger partial charge on any atom is 0.166 e. The minimum Gasteiger partial charge on any atom is -0.393 e. The Morgan fingerprint density at radius 3 is 3.11 bits per heavy atom. The van der Waals surface area contributed by atoms with Crippen LogP contribution in [0.15, 0.2) is 0 Å². The number of carbonyl (C=O) groups is 1. The first kappa shape index (κ1) is 5.38. The van der Waals surface area contributed by atoms with E-state index in [-0.39, 0.29) is 18.0 Å². The molecule has 1 heterocycles. The number of hydrogen-bond donors (Lipinski definition) is 1. The predicted molar refractivity (Wildman–Crippen MR) is 28.9 cm³/mol. The first-order chi connectivity index (χ1) is 4.27. The largest absolute Gasteiger partial charge is 0.393 e. The van der Waals surface area contributed by atoms with Crippen LogP contribution in [0.1, 0.15) is 12.8 Å². The second kappa shape index (κ2) is 1.55. The Balaban J connectivity index is 2.07. The minimum absolute atomic E-state index is 0.0567. The molecule has 2 fully saturated rings. The molecule has 2 aliphatic rings. The third-order valence-electron chi connectivity index (χ3n) is 1.84. The molecule has 0 unspecified atom stereocenters. The zero-order valence-corrected chi connectivity index (χ0v) is 4.91. The summed E-state index contributed by atoms with van der Waals surface area (Å²) >= 11 is 0. The lowest BCUT2D eigenvalue weighted by Gasteiger charge is -2.09. The Bertz CT molecular complexity index is 154. The van der Waals surface area contributed by atoms with Gasteiger partial charge in [0.1, 0.15) is 6.10 Å². The van der Waals surface area contributed by atoms with Crippen molar-refractivity contribution in [2.45, 2.75) is 31.2 Å². The molecule has 0 aromatic carbocycles. The first-order valence-electron chi connectivity index (χ1n) is 3.13. The summed E-state index contributed by atoms with van der Waals surface area (Å²) < 4.78 is 4.95. The van der Waals surface area contributed by atoms with E-state index >= 15 is 0 Å². The highest BCUT2D eigenvalue weighted by Crippen LogP contribution is 2.33. The van der Waals surface area contributed by atoms with Gasteiger partial charge in [0.25, 0.3) is 0 Å². The van der Waals surface area contributed by atoms with Crippen LogP contribution >= 0.6 is 0 Å². The Labute approximate surface area is 52.6 Å². The molecule has 9 heavy (non-hydrogen) atoms.